The Hall–Kier alpha value is -2.99. The number of ether oxygens (including phenoxy) is 2. The minimum Gasteiger partial charge on any atom is -0.497 e. The molecule has 4 rings (SSSR count). The predicted molar refractivity (Wildman–Crippen MR) is 116 cm³/mol. The zero-order chi connectivity index (χ0) is 21.1. The Morgan fingerprint density at radius 2 is 2.03 bits per heavy atom. The fraction of sp³-hybridized carbons (Fsp3) is 0.375. The predicted octanol–water partition coefficient (Wildman–Crippen LogP) is 4.46. The Kier molecular flexibility index (Phi) is 5.95. The number of methoxy groups -OCH3 is 2. The van der Waals surface area contributed by atoms with Gasteiger partial charge in [0.2, 0.25) is 5.91 Å². The first kappa shape index (κ1) is 20.3. The molecule has 1 aliphatic rings. The first-order valence-corrected chi connectivity index (χ1v) is 10.3. The summed E-state index contributed by atoms with van der Waals surface area (Å²) in [5.41, 5.74) is 1.92. The molecule has 2 unspecified atom stereocenters. The summed E-state index contributed by atoms with van der Waals surface area (Å²) in [4.78, 5) is 15.0. The summed E-state index contributed by atoms with van der Waals surface area (Å²) < 4.78 is 16.8. The number of nitrogens with zero attached hydrogens (tertiary/aromatic N) is 1. The third-order valence-corrected chi connectivity index (χ3v) is 5.76. The second-order valence-electron chi connectivity index (χ2n) is 7.71. The Morgan fingerprint density at radius 3 is 2.80 bits per heavy atom. The lowest BCUT2D eigenvalue weighted by atomic mass is 10.0. The monoisotopic (exact) mass is 408 g/mol. The van der Waals surface area contributed by atoms with Gasteiger partial charge in [-0.3, -0.25) is 9.69 Å². The van der Waals surface area contributed by atoms with Gasteiger partial charge < -0.3 is 19.2 Å². The van der Waals surface area contributed by atoms with Gasteiger partial charge >= 0.3 is 0 Å². The average Bonchev–Trinajstić information content (AvgIpc) is 3.40. The van der Waals surface area contributed by atoms with E-state index in [0.717, 1.165) is 53.2 Å². The minimum absolute atomic E-state index is 0.0117. The van der Waals surface area contributed by atoms with Gasteiger partial charge in [0.15, 0.2) is 0 Å². The molecule has 2 atom stereocenters. The Labute approximate surface area is 176 Å². The third kappa shape index (κ3) is 4.14. The number of nitrogens with one attached hydrogen (secondary N) is 1. The number of amides is 1. The highest BCUT2D eigenvalue weighted by Gasteiger charge is 2.30. The first-order valence-electron chi connectivity index (χ1n) is 10.3. The number of rotatable bonds is 7. The molecule has 3 aromatic rings. The summed E-state index contributed by atoms with van der Waals surface area (Å²) in [5.74, 6) is 2.31. The molecule has 0 spiro atoms. The molecule has 6 heteroatoms. The number of benzene rings is 2. The molecule has 0 bridgehead atoms. The van der Waals surface area contributed by atoms with Gasteiger partial charge in [0.05, 0.1) is 26.8 Å². The van der Waals surface area contributed by atoms with E-state index in [1.165, 1.54) is 0 Å². The number of furan rings is 1. The van der Waals surface area contributed by atoms with E-state index < -0.39 is 0 Å². The van der Waals surface area contributed by atoms with Crippen LogP contribution < -0.4 is 14.8 Å². The normalized spacial score (nSPS) is 17.8. The molecular formula is C24H28N2O4. The van der Waals surface area contributed by atoms with Crippen molar-refractivity contribution in [2.45, 2.75) is 31.8 Å². The lowest BCUT2D eigenvalue weighted by molar-refractivity contribution is -0.123. The van der Waals surface area contributed by atoms with Gasteiger partial charge in [-0.05, 0) is 44.5 Å². The van der Waals surface area contributed by atoms with Crippen LogP contribution in [0.2, 0.25) is 0 Å². The van der Waals surface area contributed by atoms with Crippen molar-refractivity contribution < 1.29 is 18.7 Å². The van der Waals surface area contributed by atoms with Crippen molar-refractivity contribution in [1.29, 1.82) is 0 Å². The number of hydrogen-bond donors (Lipinski definition) is 1. The Morgan fingerprint density at radius 1 is 1.20 bits per heavy atom. The van der Waals surface area contributed by atoms with Crippen molar-refractivity contribution in [3.63, 3.8) is 0 Å². The van der Waals surface area contributed by atoms with Crippen molar-refractivity contribution in [2.24, 2.45) is 0 Å². The summed E-state index contributed by atoms with van der Waals surface area (Å²) in [6.07, 6.45) is 2.04. The van der Waals surface area contributed by atoms with Crippen molar-refractivity contribution in [3.8, 4) is 11.5 Å². The van der Waals surface area contributed by atoms with Gasteiger partial charge in [-0.15, -0.1) is 0 Å². The highest BCUT2D eigenvalue weighted by Crippen LogP contribution is 2.38. The topological polar surface area (TPSA) is 63.9 Å². The molecule has 2 heterocycles. The summed E-state index contributed by atoms with van der Waals surface area (Å²) in [7, 11) is 3.31. The molecule has 1 saturated heterocycles. The quantitative estimate of drug-likeness (QED) is 0.625. The van der Waals surface area contributed by atoms with Gasteiger partial charge in [-0.1, -0.05) is 24.3 Å². The zero-order valence-electron chi connectivity index (χ0n) is 17.7. The Balaban J connectivity index is 1.43. The number of para-hydroxylation sites is 1. The molecule has 1 fully saturated rings. The fourth-order valence-corrected chi connectivity index (χ4v) is 4.22. The van der Waals surface area contributed by atoms with E-state index in [2.05, 4.69) is 10.2 Å². The van der Waals surface area contributed by atoms with Crippen LogP contribution in [-0.2, 0) is 4.79 Å². The van der Waals surface area contributed by atoms with E-state index in [0.29, 0.717) is 6.54 Å². The Bertz CT molecular complexity index is 996. The maximum atomic E-state index is 12.8. The number of carbonyl (C=O) groups excluding carboxylic acids is 1. The summed E-state index contributed by atoms with van der Waals surface area (Å²) >= 11 is 0. The summed E-state index contributed by atoms with van der Waals surface area (Å²) in [6.45, 7) is 3.17. The van der Waals surface area contributed by atoms with Gasteiger partial charge in [-0.25, -0.2) is 0 Å². The smallest absolute Gasteiger partial charge is 0.234 e. The van der Waals surface area contributed by atoms with Gasteiger partial charge in [0.1, 0.15) is 22.8 Å². The number of hydrogen-bond acceptors (Lipinski definition) is 5. The van der Waals surface area contributed by atoms with Crippen LogP contribution >= 0.6 is 0 Å². The van der Waals surface area contributed by atoms with Crippen LogP contribution in [0, 0.1) is 0 Å². The fourth-order valence-electron chi connectivity index (χ4n) is 4.22. The van der Waals surface area contributed by atoms with Crippen LogP contribution in [-0.4, -0.2) is 38.1 Å². The molecule has 158 valence electrons. The van der Waals surface area contributed by atoms with E-state index in [1.54, 1.807) is 14.2 Å². The van der Waals surface area contributed by atoms with E-state index in [9.17, 15) is 4.79 Å². The standard InChI is InChI=1S/C24H28N2O4/c1-16(22-13-17-7-4-5-9-21(17)30-22)25-24(27)15-26-12-6-8-20(26)19-11-10-18(28-2)14-23(19)29-3/h4-5,7,9-11,13-14,16,20H,6,8,12,15H2,1-3H3,(H,25,27). The molecule has 0 saturated carbocycles. The maximum absolute atomic E-state index is 12.8. The van der Waals surface area contributed by atoms with Crippen molar-refractivity contribution in [2.75, 3.05) is 27.3 Å². The number of fused-ring (bicyclic) bond motifs is 1. The molecule has 30 heavy (non-hydrogen) atoms. The first-order chi connectivity index (χ1) is 14.6. The zero-order valence-corrected chi connectivity index (χ0v) is 17.7. The summed E-state index contributed by atoms with van der Waals surface area (Å²) in [6, 6.07) is 15.7. The molecule has 2 aromatic carbocycles. The molecule has 0 radical (unpaired) electrons. The van der Waals surface area contributed by atoms with Crippen LogP contribution in [0.5, 0.6) is 11.5 Å². The number of carbonyl (C=O) groups is 1. The molecule has 1 aliphatic heterocycles. The van der Waals surface area contributed by atoms with Crippen molar-refractivity contribution >= 4 is 16.9 Å². The van der Waals surface area contributed by atoms with Crippen molar-refractivity contribution in [1.82, 2.24) is 10.2 Å². The second-order valence-corrected chi connectivity index (χ2v) is 7.71. The van der Waals surface area contributed by atoms with E-state index in [1.807, 2.05) is 55.5 Å². The van der Waals surface area contributed by atoms with Crippen LogP contribution in [0.4, 0.5) is 0 Å². The SMILES string of the molecule is COc1ccc(C2CCCN2CC(=O)NC(C)c2cc3ccccc3o2)c(OC)c1. The van der Waals surface area contributed by atoms with Gasteiger partial charge in [0.25, 0.3) is 0 Å². The van der Waals surface area contributed by atoms with Gasteiger partial charge in [0, 0.05) is 23.1 Å². The molecule has 1 aromatic heterocycles. The van der Waals surface area contributed by atoms with E-state index in [-0.39, 0.29) is 18.0 Å². The third-order valence-electron chi connectivity index (χ3n) is 5.76. The van der Waals surface area contributed by atoms with Crippen LogP contribution in [0.15, 0.2) is 52.9 Å². The lowest BCUT2D eigenvalue weighted by Gasteiger charge is -2.26. The molecular weight excluding hydrogens is 380 g/mol. The van der Waals surface area contributed by atoms with Crippen LogP contribution in [0.25, 0.3) is 11.0 Å². The molecule has 1 amide bonds. The minimum atomic E-state index is -0.193. The largest absolute Gasteiger partial charge is 0.497 e. The summed E-state index contributed by atoms with van der Waals surface area (Å²) in [5, 5.41) is 4.12. The molecule has 1 N–H and O–H groups in total. The number of likely N-dealkylation sites (tertiary alicyclic amines) is 1. The highest BCUT2D eigenvalue weighted by molar-refractivity contribution is 5.80. The highest BCUT2D eigenvalue weighted by atomic mass is 16.5. The molecule has 6 nitrogen and oxygen atoms in total. The second kappa shape index (κ2) is 8.79. The molecule has 0 aliphatic carbocycles. The van der Waals surface area contributed by atoms with Crippen LogP contribution in [0.1, 0.15) is 43.2 Å². The van der Waals surface area contributed by atoms with E-state index >= 15 is 0 Å². The lowest BCUT2D eigenvalue weighted by Crippen LogP contribution is -2.38. The maximum Gasteiger partial charge on any atom is 0.234 e. The van der Waals surface area contributed by atoms with Crippen molar-refractivity contribution in [3.05, 3.63) is 59.9 Å². The van der Waals surface area contributed by atoms with Crippen LogP contribution in [0.3, 0.4) is 0 Å². The average molecular weight is 408 g/mol. The van der Waals surface area contributed by atoms with E-state index in [4.69, 9.17) is 13.9 Å². The van der Waals surface area contributed by atoms with Gasteiger partial charge in [-0.2, -0.15) is 0 Å².